The minimum atomic E-state index is 0.0575. The van der Waals surface area contributed by atoms with Crippen LogP contribution in [-0.2, 0) is 4.74 Å². The van der Waals surface area contributed by atoms with Crippen molar-refractivity contribution >= 4 is 0 Å². The minimum Gasteiger partial charge on any atom is -0.376 e. The molecular formula is C14H29N3O. The second kappa shape index (κ2) is 5.87. The van der Waals surface area contributed by atoms with Crippen molar-refractivity contribution in [1.82, 2.24) is 9.80 Å². The highest BCUT2D eigenvalue weighted by Crippen LogP contribution is 2.31. The molecule has 2 N–H and O–H groups in total. The second-order valence-corrected chi connectivity index (χ2v) is 5.88. The molecule has 0 aromatic rings. The molecule has 2 aliphatic heterocycles. The number of nitrogens with two attached hydrogens (primary N) is 1. The highest BCUT2D eigenvalue weighted by Gasteiger charge is 2.44. The summed E-state index contributed by atoms with van der Waals surface area (Å²) in [6, 6.07) is 0.705. The van der Waals surface area contributed by atoms with E-state index in [0.717, 1.165) is 19.6 Å². The van der Waals surface area contributed by atoms with Gasteiger partial charge in [-0.2, -0.15) is 0 Å². The maximum atomic E-state index is 6.07. The Bertz CT molecular complexity index is 274. The molecule has 0 bridgehead atoms. The fraction of sp³-hybridized carbons (Fsp3) is 1.00. The summed E-state index contributed by atoms with van der Waals surface area (Å²) in [6.07, 6.45) is 3.99. The lowest BCUT2D eigenvalue weighted by molar-refractivity contribution is 0.0177. The Kier molecular flexibility index (Phi) is 4.64. The SMILES string of the molecule is CCN1CCCC1CN(C)C1(CN)CCOC1C. The van der Waals surface area contributed by atoms with Crippen molar-refractivity contribution in [1.29, 1.82) is 0 Å². The lowest BCUT2D eigenvalue weighted by Crippen LogP contribution is -2.59. The normalized spacial score (nSPS) is 37.8. The van der Waals surface area contributed by atoms with Crippen LogP contribution in [0.1, 0.15) is 33.1 Å². The third kappa shape index (κ3) is 2.44. The number of likely N-dealkylation sites (tertiary alicyclic amines) is 1. The van der Waals surface area contributed by atoms with Gasteiger partial charge in [0.05, 0.1) is 11.6 Å². The molecule has 4 heteroatoms. The lowest BCUT2D eigenvalue weighted by atomic mass is 9.89. The van der Waals surface area contributed by atoms with Gasteiger partial charge in [-0.15, -0.1) is 0 Å². The Labute approximate surface area is 111 Å². The highest BCUT2D eigenvalue weighted by atomic mass is 16.5. The van der Waals surface area contributed by atoms with Crippen molar-refractivity contribution in [2.75, 3.05) is 39.8 Å². The number of nitrogens with zero attached hydrogens (tertiary/aromatic N) is 2. The van der Waals surface area contributed by atoms with Crippen LogP contribution in [0.4, 0.5) is 0 Å². The smallest absolute Gasteiger partial charge is 0.0743 e. The third-order valence-corrected chi connectivity index (χ3v) is 5.16. The van der Waals surface area contributed by atoms with Crippen molar-refractivity contribution in [3.05, 3.63) is 0 Å². The Hall–Kier alpha value is -0.160. The Morgan fingerprint density at radius 1 is 1.50 bits per heavy atom. The fourth-order valence-corrected chi connectivity index (χ4v) is 3.71. The van der Waals surface area contributed by atoms with Crippen LogP contribution in [0.2, 0.25) is 0 Å². The van der Waals surface area contributed by atoms with Crippen molar-refractivity contribution in [2.24, 2.45) is 5.73 Å². The average Bonchev–Trinajstić information content (AvgIpc) is 2.96. The summed E-state index contributed by atoms with van der Waals surface area (Å²) in [5, 5.41) is 0. The van der Waals surface area contributed by atoms with E-state index in [9.17, 15) is 0 Å². The standard InChI is InChI=1S/C14H29N3O/c1-4-17-8-5-6-13(17)10-16(3)14(11-15)7-9-18-12(14)2/h12-13H,4-11,15H2,1-3H3. The van der Waals surface area contributed by atoms with Gasteiger partial charge in [-0.05, 0) is 46.3 Å². The number of likely N-dealkylation sites (N-methyl/N-ethyl adjacent to an activating group) is 2. The van der Waals surface area contributed by atoms with Gasteiger partial charge >= 0.3 is 0 Å². The molecule has 2 saturated heterocycles. The van der Waals surface area contributed by atoms with Gasteiger partial charge in [0.1, 0.15) is 0 Å². The zero-order chi connectivity index (χ0) is 13.2. The Morgan fingerprint density at radius 3 is 2.83 bits per heavy atom. The van der Waals surface area contributed by atoms with Crippen molar-refractivity contribution < 1.29 is 4.74 Å². The minimum absolute atomic E-state index is 0.0575. The maximum Gasteiger partial charge on any atom is 0.0743 e. The molecule has 3 unspecified atom stereocenters. The van der Waals surface area contributed by atoms with E-state index in [1.54, 1.807) is 0 Å². The number of rotatable bonds is 5. The van der Waals surface area contributed by atoms with Crippen LogP contribution in [0.25, 0.3) is 0 Å². The lowest BCUT2D eigenvalue weighted by Gasteiger charge is -2.42. The van der Waals surface area contributed by atoms with Crippen LogP contribution in [0.15, 0.2) is 0 Å². The van der Waals surface area contributed by atoms with Gasteiger partial charge in [-0.3, -0.25) is 9.80 Å². The van der Waals surface area contributed by atoms with E-state index >= 15 is 0 Å². The van der Waals surface area contributed by atoms with E-state index in [0.29, 0.717) is 12.6 Å². The van der Waals surface area contributed by atoms with E-state index in [1.165, 1.54) is 25.9 Å². The average molecular weight is 255 g/mol. The van der Waals surface area contributed by atoms with Gasteiger partial charge in [0.25, 0.3) is 0 Å². The predicted molar refractivity (Wildman–Crippen MR) is 74.7 cm³/mol. The van der Waals surface area contributed by atoms with E-state index in [-0.39, 0.29) is 11.6 Å². The zero-order valence-electron chi connectivity index (χ0n) is 12.2. The van der Waals surface area contributed by atoms with Crippen LogP contribution >= 0.6 is 0 Å². The number of ether oxygens (including phenoxy) is 1. The van der Waals surface area contributed by atoms with Gasteiger partial charge in [-0.1, -0.05) is 6.92 Å². The highest BCUT2D eigenvalue weighted by molar-refractivity contribution is 5.00. The molecule has 0 aromatic carbocycles. The third-order valence-electron chi connectivity index (χ3n) is 5.16. The van der Waals surface area contributed by atoms with Gasteiger partial charge in [0.2, 0.25) is 0 Å². The molecule has 0 saturated carbocycles. The molecule has 18 heavy (non-hydrogen) atoms. The molecule has 2 rings (SSSR count). The molecule has 2 fully saturated rings. The van der Waals surface area contributed by atoms with Gasteiger partial charge in [-0.25, -0.2) is 0 Å². The molecule has 2 aliphatic rings. The molecule has 2 heterocycles. The molecular weight excluding hydrogens is 226 g/mol. The van der Waals surface area contributed by atoms with Crippen LogP contribution in [-0.4, -0.2) is 67.3 Å². The van der Waals surface area contributed by atoms with Crippen molar-refractivity contribution in [2.45, 2.75) is 50.8 Å². The Balaban J connectivity index is 1.99. The monoisotopic (exact) mass is 255 g/mol. The zero-order valence-corrected chi connectivity index (χ0v) is 12.2. The van der Waals surface area contributed by atoms with Gasteiger partial charge < -0.3 is 10.5 Å². The Morgan fingerprint density at radius 2 is 2.28 bits per heavy atom. The van der Waals surface area contributed by atoms with Crippen molar-refractivity contribution in [3.63, 3.8) is 0 Å². The van der Waals surface area contributed by atoms with Crippen LogP contribution < -0.4 is 5.73 Å². The number of hydrogen-bond donors (Lipinski definition) is 1. The topological polar surface area (TPSA) is 41.7 Å². The summed E-state index contributed by atoms with van der Waals surface area (Å²) in [7, 11) is 2.23. The van der Waals surface area contributed by atoms with Gasteiger partial charge in [0.15, 0.2) is 0 Å². The van der Waals surface area contributed by atoms with Crippen LogP contribution in [0.5, 0.6) is 0 Å². The van der Waals surface area contributed by atoms with E-state index in [1.807, 2.05) is 0 Å². The maximum absolute atomic E-state index is 6.07. The summed E-state index contributed by atoms with van der Waals surface area (Å²) in [6.45, 7) is 9.53. The molecule has 3 atom stereocenters. The van der Waals surface area contributed by atoms with Crippen LogP contribution in [0.3, 0.4) is 0 Å². The summed E-state index contributed by atoms with van der Waals surface area (Å²) < 4.78 is 5.76. The summed E-state index contributed by atoms with van der Waals surface area (Å²) in [5.74, 6) is 0. The van der Waals surface area contributed by atoms with E-state index in [2.05, 4.69) is 30.7 Å². The molecule has 106 valence electrons. The largest absolute Gasteiger partial charge is 0.376 e. The molecule has 0 aromatic heterocycles. The van der Waals surface area contributed by atoms with E-state index in [4.69, 9.17) is 10.5 Å². The van der Waals surface area contributed by atoms with Crippen LogP contribution in [0, 0.1) is 0 Å². The number of hydrogen-bond acceptors (Lipinski definition) is 4. The van der Waals surface area contributed by atoms with E-state index < -0.39 is 0 Å². The molecule has 4 nitrogen and oxygen atoms in total. The first kappa shape index (κ1) is 14.3. The second-order valence-electron chi connectivity index (χ2n) is 5.88. The summed E-state index contributed by atoms with van der Waals surface area (Å²) in [4.78, 5) is 5.07. The fourth-order valence-electron chi connectivity index (χ4n) is 3.71. The first-order chi connectivity index (χ1) is 8.64. The first-order valence-electron chi connectivity index (χ1n) is 7.41. The molecule has 0 radical (unpaired) electrons. The summed E-state index contributed by atoms with van der Waals surface area (Å²) >= 11 is 0. The molecule has 0 spiro atoms. The van der Waals surface area contributed by atoms with Crippen molar-refractivity contribution in [3.8, 4) is 0 Å². The predicted octanol–water partition coefficient (Wildman–Crippen LogP) is 0.909. The quantitative estimate of drug-likeness (QED) is 0.793. The molecule has 0 aliphatic carbocycles. The summed E-state index contributed by atoms with van der Waals surface area (Å²) in [5.41, 5.74) is 6.12. The molecule has 0 amide bonds. The first-order valence-corrected chi connectivity index (χ1v) is 7.41. The van der Waals surface area contributed by atoms with Gasteiger partial charge in [0, 0.05) is 25.7 Å².